The van der Waals surface area contributed by atoms with E-state index in [0.29, 0.717) is 31.4 Å². The summed E-state index contributed by atoms with van der Waals surface area (Å²) >= 11 is 0. The lowest BCUT2D eigenvalue weighted by molar-refractivity contribution is 0.0707. The number of carbonyl (C=O) groups is 3. The number of primary amides is 2. The number of carbonyl (C=O) groups excluding carboxylic acids is 3. The molecule has 3 rings (SSSR count). The Morgan fingerprint density at radius 1 is 1.08 bits per heavy atom. The third kappa shape index (κ3) is 3.50. The summed E-state index contributed by atoms with van der Waals surface area (Å²) in [6.45, 7) is 0. The molecule has 2 saturated carbocycles. The van der Waals surface area contributed by atoms with Gasteiger partial charge in [-0.05, 0) is 38.5 Å². The molecular weight excluding hydrogens is 316 g/mol. The van der Waals surface area contributed by atoms with E-state index < -0.39 is 17.9 Å². The number of amides is 3. The van der Waals surface area contributed by atoms with Crippen molar-refractivity contribution in [2.45, 2.75) is 56.6 Å². The average Bonchev–Trinajstić information content (AvgIpc) is 3.26. The van der Waals surface area contributed by atoms with E-state index in [2.05, 4.69) is 10.5 Å². The minimum Gasteiger partial charge on any atom is -0.446 e. The molecule has 130 valence electrons. The molecule has 1 heterocycles. The molecule has 5 N–H and O–H groups in total. The van der Waals surface area contributed by atoms with Crippen molar-refractivity contribution >= 4 is 17.9 Å². The van der Waals surface area contributed by atoms with Crippen LogP contribution in [0.1, 0.15) is 71.0 Å². The van der Waals surface area contributed by atoms with E-state index in [9.17, 15) is 14.4 Å². The predicted octanol–water partition coefficient (Wildman–Crippen LogP) is 0.787. The Bertz CT molecular complexity index is 659. The lowest BCUT2D eigenvalue weighted by Gasteiger charge is -2.28. The highest BCUT2D eigenvalue weighted by Gasteiger charge is 2.36. The minimum atomic E-state index is -0.788. The van der Waals surface area contributed by atoms with Crippen LogP contribution in [0.2, 0.25) is 0 Å². The largest absolute Gasteiger partial charge is 0.446 e. The molecule has 1 aromatic rings. The third-order valence-electron chi connectivity index (χ3n) is 4.42. The molecule has 0 saturated heterocycles. The summed E-state index contributed by atoms with van der Waals surface area (Å²) in [5, 5.41) is 6.58. The summed E-state index contributed by atoms with van der Waals surface area (Å²) in [4.78, 5) is 34.8. The van der Waals surface area contributed by atoms with Gasteiger partial charge in [0.25, 0.3) is 11.8 Å². The maximum Gasteiger partial charge on any atom is 0.404 e. The molecule has 0 aliphatic heterocycles. The van der Waals surface area contributed by atoms with Crippen LogP contribution in [0.4, 0.5) is 4.79 Å². The number of hydrogen-bond donors (Lipinski definition) is 3. The lowest BCUT2D eigenvalue weighted by Crippen LogP contribution is -2.40. The molecule has 0 bridgehead atoms. The van der Waals surface area contributed by atoms with E-state index in [1.807, 2.05) is 0 Å². The normalized spacial score (nSPS) is 23.5. The average molecular weight is 336 g/mol. The molecule has 0 radical (unpaired) electrons. The molecule has 3 amide bonds. The van der Waals surface area contributed by atoms with Crippen LogP contribution in [0, 0.1) is 0 Å². The van der Waals surface area contributed by atoms with Gasteiger partial charge in [0.15, 0.2) is 11.5 Å². The first-order valence-corrected chi connectivity index (χ1v) is 8.02. The lowest BCUT2D eigenvalue weighted by atomic mass is 9.93. The van der Waals surface area contributed by atoms with Gasteiger partial charge in [0.2, 0.25) is 0 Å². The number of aromatic nitrogens is 1. The smallest absolute Gasteiger partial charge is 0.404 e. The van der Waals surface area contributed by atoms with Crippen molar-refractivity contribution in [1.29, 1.82) is 0 Å². The van der Waals surface area contributed by atoms with Crippen LogP contribution in [-0.2, 0) is 4.74 Å². The van der Waals surface area contributed by atoms with Gasteiger partial charge >= 0.3 is 6.09 Å². The Kier molecular flexibility index (Phi) is 4.41. The van der Waals surface area contributed by atoms with Crippen LogP contribution >= 0.6 is 0 Å². The molecule has 0 aromatic carbocycles. The Hall–Kier alpha value is -2.58. The molecular formula is C15H20N4O5. The number of rotatable bonds is 5. The molecule has 1 aromatic heterocycles. The van der Waals surface area contributed by atoms with Crippen LogP contribution in [0.3, 0.4) is 0 Å². The van der Waals surface area contributed by atoms with Gasteiger partial charge in [0.1, 0.15) is 11.7 Å². The highest BCUT2D eigenvalue weighted by molar-refractivity contribution is 6.06. The van der Waals surface area contributed by atoms with Crippen LogP contribution in [0.5, 0.6) is 0 Å². The zero-order chi connectivity index (χ0) is 17.3. The minimum absolute atomic E-state index is 0.0556. The molecule has 2 aliphatic carbocycles. The topological polar surface area (TPSA) is 151 Å². The molecule has 0 spiro atoms. The maximum atomic E-state index is 12.4. The maximum absolute atomic E-state index is 12.4. The molecule has 24 heavy (non-hydrogen) atoms. The van der Waals surface area contributed by atoms with Gasteiger partial charge in [0.05, 0.1) is 0 Å². The van der Waals surface area contributed by atoms with Crippen molar-refractivity contribution in [1.82, 2.24) is 10.5 Å². The van der Waals surface area contributed by atoms with Crippen molar-refractivity contribution < 1.29 is 23.6 Å². The van der Waals surface area contributed by atoms with Crippen LogP contribution < -0.4 is 16.8 Å². The summed E-state index contributed by atoms with van der Waals surface area (Å²) in [5.74, 6) is -0.644. The monoisotopic (exact) mass is 336 g/mol. The Morgan fingerprint density at radius 2 is 1.75 bits per heavy atom. The molecule has 2 fully saturated rings. The molecule has 0 unspecified atom stereocenters. The number of hydrogen-bond acceptors (Lipinski definition) is 6. The Labute approximate surface area is 138 Å². The van der Waals surface area contributed by atoms with Crippen molar-refractivity contribution in [3.05, 3.63) is 17.0 Å². The van der Waals surface area contributed by atoms with Crippen molar-refractivity contribution in [2.24, 2.45) is 11.5 Å². The van der Waals surface area contributed by atoms with Gasteiger partial charge in [-0.2, -0.15) is 0 Å². The number of nitrogens with one attached hydrogen (secondary N) is 1. The van der Waals surface area contributed by atoms with E-state index in [1.54, 1.807) is 0 Å². The zero-order valence-corrected chi connectivity index (χ0v) is 13.1. The second kappa shape index (κ2) is 6.50. The summed E-state index contributed by atoms with van der Waals surface area (Å²) in [7, 11) is 0. The van der Waals surface area contributed by atoms with Gasteiger partial charge in [-0.25, -0.2) is 4.79 Å². The van der Waals surface area contributed by atoms with E-state index in [1.165, 1.54) is 0 Å². The number of nitrogens with zero attached hydrogens (tertiary/aromatic N) is 1. The molecule has 2 aliphatic rings. The fourth-order valence-electron chi connectivity index (χ4n) is 3.06. The van der Waals surface area contributed by atoms with Crippen LogP contribution in [0.15, 0.2) is 4.52 Å². The van der Waals surface area contributed by atoms with Crippen molar-refractivity contribution in [3.63, 3.8) is 0 Å². The van der Waals surface area contributed by atoms with Crippen LogP contribution in [-0.4, -0.2) is 35.2 Å². The van der Waals surface area contributed by atoms with Gasteiger partial charge in [-0.15, -0.1) is 0 Å². The highest BCUT2D eigenvalue weighted by Crippen LogP contribution is 2.42. The fraction of sp³-hybridized carbons (Fsp3) is 0.600. The van der Waals surface area contributed by atoms with E-state index in [-0.39, 0.29) is 29.3 Å². The zero-order valence-electron chi connectivity index (χ0n) is 13.1. The quantitative estimate of drug-likeness (QED) is 0.723. The number of nitrogens with two attached hydrogens (primary N) is 2. The van der Waals surface area contributed by atoms with Gasteiger partial charge < -0.3 is 26.0 Å². The summed E-state index contributed by atoms with van der Waals surface area (Å²) in [6, 6.07) is -0.0907. The summed E-state index contributed by atoms with van der Waals surface area (Å²) in [6.07, 6.45) is 3.31. The third-order valence-corrected chi connectivity index (χ3v) is 4.42. The SMILES string of the molecule is NC(=O)OC1CCC(NC(=O)c2noc(C3CC3)c2C(N)=O)CC1. The first-order valence-electron chi connectivity index (χ1n) is 8.02. The molecule has 9 nitrogen and oxygen atoms in total. The van der Waals surface area contributed by atoms with Gasteiger partial charge in [-0.1, -0.05) is 5.16 Å². The van der Waals surface area contributed by atoms with Gasteiger partial charge in [0, 0.05) is 12.0 Å². The van der Waals surface area contributed by atoms with Gasteiger partial charge in [-0.3, -0.25) is 9.59 Å². The fourth-order valence-corrected chi connectivity index (χ4v) is 3.06. The highest BCUT2D eigenvalue weighted by atomic mass is 16.6. The van der Waals surface area contributed by atoms with E-state index >= 15 is 0 Å². The Morgan fingerprint density at radius 3 is 2.29 bits per heavy atom. The Balaban J connectivity index is 1.62. The second-order valence-corrected chi connectivity index (χ2v) is 6.29. The standard InChI is InChI=1S/C15H20N4O5/c16-13(20)10-11(19-24-12(10)7-1-2-7)14(21)18-8-3-5-9(6-4-8)23-15(17)22/h7-9H,1-6H2,(H2,16,20)(H2,17,22)(H,18,21). The first-order chi connectivity index (χ1) is 11.5. The van der Waals surface area contributed by atoms with Crippen LogP contribution in [0.25, 0.3) is 0 Å². The number of ether oxygens (including phenoxy) is 1. The predicted molar refractivity (Wildman–Crippen MR) is 81.2 cm³/mol. The molecule has 9 heteroatoms. The van der Waals surface area contributed by atoms with E-state index in [0.717, 1.165) is 12.8 Å². The first kappa shape index (κ1) is 16.3. The summed E-state index contributed by atoms with van der Waals surface area (Å²) in [5.41, 5.74) is 10.4. The van der Waals surface area contributed by atoms with Crippen molar-refractivity contribution in [3.8, 4) is 0 Å². The molecule has 0 atom stereocenters. The van der Waals surface area contributed by atoms with E-state index in [4.69, 9.17) is 20.7 Å². The summed E-state index contributed by atoms with van der Waals surface area (Å²) < 4.78 is 10.1. The second-order valence-electron chi connectivity index (χ2n) is 6.29. The van der Waals surface area contributed by atoms with Crippen molar-refractivity contribution in [2.75, 3.05) is 0 Å².